The Labute approximate surface area is 161 Å². The van der Waals surface area contributed by atoms with Gasteiger partial charge in [0, 0.05) is 30.0 Å². The van der Waals surface area contributed by atoms with Crippen LogP contribution in [0.25, 0.3) is 11.3 Å². The largest absolute Gasteiger partial charge is 0.451 e. The fraction of sp³-hybridized carbons (Fsp3) is 0.143. The van der Waals surface area contributed by atoms with Crippen molar-refractivity contribution in [3.63, 3.8) is 0 Å². The van der Waals surface area contributed by atoms with Crippen molar-refractivity contribution in [1.29, 1.82) is 0 Å². The maximum absolute atomic E-state index is 13.0. The Hall–Kier alpha value is -3.61. The predicted octanol–water partition coefficient (Wildman–Crippen LogP) is 3.27. The number of hydrogen-bond donors (Lipinski definition) is 2. The molecule has 6 nitrogen and oxygen atoms in total. The average molecular weight is 379 g/mol. The molecule has 1 saturated heterocycles. The lowest BCUT2D eigenvalue weighted by Crippen LogP contribution is -2.47. The van der Waals surface area contributed by atoms with Gasteiger partial charge in [-0.15, -0.1) is 0 Å². The second kappa shape index (κ2) is 7.56. The Balaban J connectivity index is 1.42. The van der Waals surface area contributed by atoms with Gasteiger partial charge in [-0.2, -0.15) is 0 Å². The highest BCUT2D eigenvalue weighted by Gasteiger charge is 2.17. The van der Waals surface area contributed by atoms with Gasteiger partial charge < -0.3 is 20.0 Å². The number of benzene rings is 2. The summed E-state index contributed by atoms with van der Waals surface area (Å²) < 4.78 is 18.6. The van der Waals surface area contributed by atoms with Gasteiger partial charge in [0.25, 0.3) is 5.91 Å². The quantitative estimate of drug-likeness (QED) is 0.730. The molecule has 0 radical (unpaired) electrons. The van der Waals surface area contributed by atoms with Gasteiger partial charge in [0.2, 0.25) is 5.91 Å². The molecule has 4 rings (SSSR count). The molecule has 2 heterocycles. The Morgan fingerprint density at radius 1 is 1.04 bits per heavy atom. The highest BCUT2D eigenvalue weighted by Crippen LogP contribution is 2.24. The first-order valence-corrected chi connectivity index (χ1v) is 8.87. The summed E-state index contributed by atoms with van der Waals surface area (Å²) in [4.78, 5) is 25.9. The number of carbonyl (C=O) groups excluding carboxylic acids is 2. The Kier molecular flexibility index (Phi) is 4.80. The number of piperazine rings is 1. The van der Waals surface area contributed by atoms with Gasteiger partial charge in [-0.1, -0.05) is 0 Å². The molecule has 7 heteroatoms. The Morgan fingerprint density at radius 3 is 2.50 bits per heavy atom. The SMILES string of the molecule is O=C1CN(c2ccc(NC(=O)c3ccc(-c4ccc(F)cc4)o3)cc2)CCN1. The standard InChI is InChI=1S/C21H18FN3O3/c22-15-3-1-14(2-4-15)18-9-10-19(28-18)21(27)24-16-5-7-17(8-6-16)25-12-11-23-20(26)13-25/h1-10H,11-13H2,(H,23,26)(H,24,27). The third kappa shape index (κ3) is 3.88. The normalized spacial score (nSPS) is 13.9. The summed E-state index contributed by atoms with van der Waals surface area (Å²) in [5.41, 5.74) is 2.23. The first-order valence-electron chi connectivity index (χ1n) is 8.87. The molecule has 0 aliphatic carbocycles. The fourth-order valence-corrected chi connectivity index (χ4v) is 3.04. The van der Waals surface area contributed by atoms with Crippen LogP contribution in [0.3, 0.4) is 0 Å². The molecule has 1 aliphatic rings. The highest BCUT2D eigenvalue weighted by atomic mass is 19.1. The van der Waals surface area contributed by atoms with Crippen LogP contribution in [-0.4, -0.2) is 31.4 Å². The molecule has 3 aromatic rings. The van der Waals surface area contributed by atoms with Crippen molar-refractivity contribution in [3.8, 4) is 11.3 Å². The third-order valence-corrected chi connectivity index (χ3v) is 4.49. The third-order valence-electron chi connectivity index (χ3n) is 4.49. The molecule has 1 fully saturated rings. The Bertz CT molecular complexity index is 996. The minimum atomic E-state index is -0.376. The first-order chi connectivity index (χ1) is 13.6. The summed E-state index contributed by atoms with van der Waals surface area (Å²) in [5.74, 6) is -0.0567. The molecule has 0 unspecified atom stereocenters. The molecular weight excluding hydrogens is 361 g/mol. The average Bonchev–Trinajstić information content (AvgIpc) is 3.19. The van der Waals surface area contributed by atoms with Crippen LogP contribution in [-0.2, 0) is 4.79 Å². The van der Waals surface area contributed by atoms with Crippen molar-refractivity contribution in [2.75, 3.05) is 29.9 Å². The molecule has 0 saturated carbocycles. The molecule has 0 spiro atoms. The summed E-state index contributed by atoms with van der Waals surface area (Å²) >= 11 is 0. The van der Waals surface area contributed by atoms with E-state index < -0.39 is 0 Å². The molecule has 28 heavy (non-hydrogen) atoms. The first kappa shape index (κ1) is 17.8. The number of hydrogen-bond acceptors (Lipinski definition) is 4. The van der Waals surface area contributed by atoms with Gasteiger partial charge in [-0.3, -0.25) is 9.59 Å². The smallest absolute Gasteiger partial charge is 0.291 e. The maximum atomic E-state index is 13.0. The van der Waals surface area contributed by atoms with Crippen LogP contribution in [0, 0.1) is 5.82 Å². The molecule has 0 atom stereocenters. The van der Waals surface area contributed by atoms with Crippen LogP contribution >= 0.6 is 0 Å². The molecule has 1 aromatic heterocycles. The number of nitrogens with one attached hydrogen (secondary N) is 2. The van der Waals surface area contributed by atoms with Gasteiger partial charge in [-0.25, -0.2) is 4.39 Å². The summed E-state index contributed by atoms with van der Waals surface area (Å²) in [6, 6.07) is 16.4. The zero-order chi connectivity index (χ0) is 19.5. The second-order valence-electron chi connectivity index (χ2n) is 6.44. The van der Waals surface area contributed by atoms with Crippen molar-refractivity contribution >= 4 is 23.2 Å². The highest BCUT2D eigenvalue weighted by molar-refractivity contribution is 6.02. The molecule has 0 bridgehead atoms. The minimum Gasteiger partial charge on any atom is -0.451 e. The lowest BCUT2D eigenvalue weighted by atomic mass is 10.2. The van der Waals surface area contributed by atoms with Gasteiger partial charge in [-0.05, 0) is 60.7 Å². The van der Waals surface area contributed by atoms with Crippen molar-refractivity contribution in [3.05, 3.63) is 72.2 Å². The maximum Gasteiger partial charge on any atom is 0.291 e. The van der Waals surface area contributed by atoms with E-state index >= 15 is 0 Å². The number of halogens is 1. The number of furan rings is 1. The van der Waals surface area contributed by atoms with E-state index in [1.807, 2.05) is 17.0 Å². The van der Waals surface area contributed by atoms with Crippen LogP contribution < -0.4 is 15.5 Å². The summed E-state index contributed by atoms with van der Waals surface area (Å²) in [6.45, 7) is 1.69. The zero-order valence-electron chi connectivity index (χ0n) is 14.9. The van der Waals surface area contributed by atoms with Gasteiger partial charge in [0.15, 0.2) is 5.76 Å². The van der Waals surface area contributed by atoms with Crippen molar-refractivity contribution in [2.45, 2.75) is 0 Å². The van der Waals surface area contributed by atoms with Crippen molar-refractivity contribution < 1.29 is 18.4 Å². The molecule has 142 valence electrons. The van der Waals surface area contributed by atoms with Gasteiger partial charge >= 0.3 is 0 Å². The van der Waals surface area contributed by atoms with E-state index in [4.69, 9.17) is 4.42 Å². The van der Waals surface area contributed by atoms with Crippen molar-refractivity contribution in [1.82, 2.24) is 5.32 Å². The number of carbonyl (C=O) groups is 2. The lowest BCUT2D eigenvalue weighted by molar-refractivity contribution is -0.120. The van der Waals surface area contributed by atoms with Crippen LogP contribution in [0.2, 0.25) is 0 Å². The topological polar surface area (TPSA) is 74.6 Å². The fourth-order valence-electron chi connectivity index (χ4n) is 3.04. The molecule has 1 aliphatic heterocycles. The summed E-state index contributed by atoms with van der Waals surface area (Å²) in [6.07, 6.45) is 0. The predicted molar refractivity (Wildman–Crippen MR) is 104 cm³/mol. The van der Waals surface area contributed by atoms with E-state index in [-0.39, 0.29) is 23.4 Å². The molecule has 2 aromatic carbocycles. The summed E-state index contributed by atoms with van der Waals surface area (Å²) in [7, 11) is 0. The molecule has 2 N–H and O–H groups in total. The van der Waals surface area contributed by atoms with Crippen molar-refractivity contribution in [2.24, 2.45) is 0 Å². The van der Waals surface area contributed by atoms with Gasteiger partial charge in [0.1, 0.15) is 11.6 Å². The summed E-state index contributed by atoms with van der Waals surface area (Å²) in [5, 5.41) is 5.57. The van der Waals surface area contributed by atoms with E-state index in [0.29, 0.717) is 30.1 Å². The number of amides is 2. The van der Waals surface area contributed by atoms with E-state index in [2.05, 4.69) is 10.6 Å². The van der Waals surface area contributed by atoms with Gasteiger partial charge in [0.05, 0.1) is 6.54 Å². The monoisotopic (exact) mass is 379 g/mol. The Morgan fingerprint density at radius 2 is 1.79 bits per heavy atom. The van der Waals surface area contributed by atoms with E-state index in [1.165, 1.54) is 12.1 Å². The lowest BCUT2D eigenvalue weighted by Gasteiger charge is -2.28. The number of rotatable bonds is 4. The number of anilines is 2. The molecular formula is C21H18FN3O3. The van der Waals surface area contributed by atoms with Crippen LogP contribution in [0.4, 0.5) is 15.8 Å². The number of nitrogens with zero attached hydrogens (tertiary/aromatic N) is 1. The van der Waals surface area contributed by atoms with E-state index in [1.54, 1.807) is 36.4 Å². The second-order valence-corrected chi connectivity index (χ2v) is 6.44. The van der Waals surface area contributed by atoms with E-state index in [0.717, 1.165) is 12.2 Å². The van der Waals surface area contributed by atoms with Crippen LogP contribution in [0.15, 0.2) is 65.1 Å². The molecule has 2 amide bonds. The van der Waals surface area contributed by atoms with E-state index in [9.17, 15) is 14.0 Å². The zero-order valence-corrected chi connectivity index (χ0v) is 14.9. The van der Waals surface area contributed by atoms with Crippen LogP contribution in [0.1, 0.15) is 10.6 Å². The van der Waals surface area contributed by atoms with Crippen LogP contribution in [0.5, 0.6) is 0 Å². The minimum absolute atomic E-state index is 0.00147.